The summed E-state index contributed by atoms with van der Waals surface area (Å²) in [5.74, 6) is 1.47. The molecule has 0 saturated carbocycles. The Hall–Kier alpha value is -2.47. The quantitative estimate of drug-likeness (QED) is 0.894. The number of carbonyl (C=O) groups is 1. The number of piperidine rings is 1. The average Bonchev–Trinajstić information content (AvgIpc) is 3.16. The molecular weight excluding hydrogens is 318 g/mol. The van der Waals surface area contributed by atoms with Gasteiger partial charge in [-0.1, -0.05) is 6.07 Å². The average molecular weight is 341 g/mol. The molecule has 1 amide bonds. The van der Waals surface area contributed by atoms with Crippen molar-refractivity contribution in [1.82, 2.24) is 15.2 Å². The summed E-state index contributed by atoms with van der Waals surface area (Å²) in [7, 11) is 0. The van der Waals surface area contributed by atoms with Gasteiger partial charge in [-0.25, -0.2) is 0 Å². The Labute approximate surface area is 147 Å². The smallest absolute Gasteiger partial charge is 0.268 e. The van der Waals surface area contributed by atoms with Gasteiger partial charge in [0.1, 0.15) is 18.9 Å². The van der Waals surface area contributed by atoms with Gasteiger partial charge in [-0.2, -0.15) is 0 Å². The van der Waals surface area contributed by atoms with Crippen molar-refractivity contribution in [1.29, 1.82) is 0 Å². The Morgan fingerprint density at radius 1 is 1.16 bits per heavy atom. The van der Waals surface area contributed by atoms with E-state index in [1.807, 2.05) is 36.5 Å². The highest BCUT2D eigenvalue weighted by Crippen LogP contribution is 2.30. The summed E-state index contributed by atoms with van der Waals surface area (Å²) in [6.45, 7) is 3.61. The fraction of sp³-hybridized carbons (Fsp3) is 0.421. The zero-order chi connectivity index (χ0) is 17.1. The Balaban J connectivity index is 1.42. The molecule has 4 rings (SSSR count). The predicted molar refractivity (Wildman–Crippen MR) is 94.2 cm³/mol. The van der Waals surface area contributed by atoms with Gasteiger partial charge < -0.3 is 24.7 Å². The molecule has 1 fully saturated rings. The van der Waals surface area contributed by atoms with Crippen LogP contribution in [0, 0.1) is 0 Å². The zero-order valence-electron chi connectivity index (χ0n) is 14.2. The summed E-state index contributed by atoms with van der Waals surface area (Å²) < 4.78 is 13.2. The molecule has 0 bridgehead atoms. The van der Waals surface area contributed by atoms with E-state index >= 15 is 0 Å². The van der Waals surface area contributed by atoms with Gasteiger partial charge in [0, 0.05) is 18.8 Å². The van der Waals surface area contributed by atoms with Crippen LogP contribution in [-0.2, 0) is 6.54 Å². The Morgan fingerprint density at radius 2 is 1.96 bits per heavy atom. The van der Waals surface area contributed by atoms with Gasteiger partial charge >= 0.3 is 0 Å². The van der Waals surface area contributed by atoms with Crippen molar-refractivity contribution in [3.8, 4) is 11.5 Å². The molecule has 2 aliphatic heterocycles. The van der Waals surface area contributed by atoms with Crippen molar-refractivity contribution in [2.24, 2.45) is 0 Å². The molecule has 0 spiro atoms. The Bertz CT molecular complexity index is 750. The zero-order valence-corrected chi connectivity index (χ0v) is 14.2. The number of amides is 1. The van der Waals surface area contributed by atoms with E-state index in [0.29, 0.717) is 25.8 Å². The van der Waals surface area contributed by atoms with Gasteiger partial charge in [0.15, 0.2) is 11.5 Å². The minimum absolute atomic E-state index is 0.0431. The second kappa shape index (κ2) is 7.19. The van der Waals surface area contributed by atoms with Crippen LogP contribution in [0.25, 0.3) is 0 Å². The van der Waals surface area contributed by atoms with Crippen molar-refractivity contribution < 1.29 is 14.3 Å². The second-order valence-corrected chi connectivity index (χ2v) is 6.44. The molecule has 1 saturated heterocycles. The number of hydrogen-bond acceptors (Lipinski definition) is 4. The van der Waals surface area contributed by atoms with E-state index in [9.17, 15) is 4.79 Å². The molecule has 2 aliphatic rings. The molecule has 2 aromatic rings. The molecule has 6 nitrogen and oxygen atoms in total. The third-order valence-electron chi connectivity index (χ3n) is 4.77. The maximum Gasteiger partial charge on any atom is 0.268 e. The van der Waals surface area contributed by atoms with Crippen molar-refractivity contribution in [2.45, 2.75) is 25.4 Å². The molecule has 0 unspecified atom stereocenters. The highest BCUT2D eigenvalue weighted by atomic mass is 16.6. The van der Waals surface area contributed by atoms with Crippen LogP contribution in [0.1, 0.15) is 34.9 Å². The van der Waals surface area contributed by atoms with Crippen LogP contribution in [0.15, 0.2) is 36.5 Å². The summed E-state index contributed by atoms with van der Waals surface area (Å²) in [5, 5.41) is 6.38. The topological polar surface area (TPSA) is 64.5 Å². The van der Waals surface area contributed by atoms with E-state index in [2.05, 4.69) is 15.2 Å². The fourth-order valence-electron chi connectivity index (χ4n) is 3.46. The first-order valence-corrected chi connectivity index (χ1v) is 8.85. The van der Waals surface area contributed by atoms with Crippen molar-refractivity contribution >= 4 is 5.91 Å². The van der Waals surface area contributed by atoms with Crippen molar-refractivity contribution in [3.63, 3.8) is 0 Å². The first-order chi connectivity index (χ1) is 12.3. The second-order valence-electron chi connectivity index (χ2n) is 6.44. The van der Waals surface area contributed by atoms with Crippen LogP contribution >= 0.6 is 0 Å². The maximum absolute atomic E-state index is 12.6. The lowest BCUT2D eigenvalue weighted by molar-refractivity contribution is 0.0938. The molecule has 1 aromatic carbocycles. The lowest BCUT2D eigenvalue weighted by atomic mass is 10.1. The minimum atomic E-state index is -0.0431. The molecule has 3 heterocycles. The lowest BCUT2D eigenvalue weighted by Gasteiger charge is -2.26. The van der Waals surface area contributed by atoms with Gasteiger partial charge in [-0.3, -0.25) is 4.79 Å². The lowest BCUT2D eigenvalue weighted by Crippen LogP contribution is -2.32. The number of benzene rings is 1. The molecule has 1 aromatic heterocycles. The number of rotatable bonds is 4. The predicted octanol–water partition coefficient (Wildman–Crippen LogP) is 2.11. The van der Waals surface area contributed by atoms with E-state index < -0.39 is 0 Å². The summed E-state index contributed by atoms with van der Waals surface area (Å²) >= 11 is 0. The third kappa shape index (κ3) is 3.49. The summed E-state index contributed by atoms with van der Waals surface area (Å²) in [4.78, 5) is 12.6. The Kier molecular flexibility index (Phi) is 4.61. The van der Waals surface area contributed by atoms with E-state index in [-0.39, 0.29) is 5.91 Å². The first-order valence-electron chi connectivity index (χ1n) is 8.85. The maximum atomic E-state index is 12.6. The van der Waals surface area contributed by atoms with Gasteiger partial charge in [0.25, 0.3) is 5.91 Å². The minimum Gasteiger partial charge on any atom is -0.486 e. The number of fused-ring (bicyclic) bond motifs is 1. The summed E-state index contributed by atoms with van der Waals surface area (Å²) in [6.07, 6.45) is 4.11. The van der Waals surface area contributed by atoms with Gasteiger partial charge in [0.05, 0.1) is 0 Å². The first kappa shape index (κ1) is 16.0. The molecule has 2 N–H and O–H groups in total. The summed E-state index contributed by atoms with van der Waals surface area (Å²) in [6, 6.07) is 10.0. The van der Waals surface area contributed by atoms with Gasteiger partial charge in [-0.15, -0.1) is 0 Å². The van der Waals surface area contributed by atoms with E-state index in [1.54, 1.807) is 0 Å². The van der Waals surface area contributed by atoms with Crippen LogP contribution < -0.4 is 20.1 Å². The number of nitrogens with one attached hydrogen (secondary N) is 2. The largest absolute Gasteiger partial charge is 0.486 e. The fourth-order valence-corrected chi connectivity index (χ4v) is 3.46. The monoisotopic (exact) mass is 341 g/mol. The molecule has 132 valence electrons. The molecular formula is C19H23N3O3. The van der Waals surface area contributed by atoms with Crippen LogP contribution in [0.4, 0.5) is 0 Å². The molecule has 6 heteroatoms. The van der Waals surface area contributed by atoms with Crippen LogP contribution in [-0.4, -0.2) is 36.8 Å². The van der Waals surface area contributed by atoms with Gasteiger partial charge in [-0.05, 0) is 55.8 Å². The van der Waals surface area contributed by atoms with Crippen molar-refractivity contribution in [3.05, 3.63) is 47.8 Å². The van der Waals surface area contributed by atoms with E-state index in [0.717, 1.165) is 48.7 Å². The van der Waals surface area contributed by atoms with Gasteiger partial charge in [0.2, 0.25) is 0 Å². The standard InChI is InChI=1S/C19H23N3O3/c23-19(16-2-1-9-22(16)15-5-7-20-8-6-15)21-13-14-3-4-17-18(12-14)25-11-10-24-17/h1-4,9,12,15,20H,5-8,10-11,13H2,(H,21,23). The van der Waals surface area contributed by atoms with E-state index in [4.69, 9.17) is 9.47 Å². The highest BCUT2D eigenvalue weighted by Gasteiger charge is 2.20. The SMILES string of the molecule is O=C(NCc1ccc2c(c1)OCCO2)c1cccn1C1CCNCC1. The van der Waals surface area contributed by atoms with E-state index in [1.165, 1.54) is 0 Å². The summed E-state index contributed by atoms with van der Waals surface area (Å²) in [5.41, 5.74) is 1.72. The van der Waals surface area contributed by atoms with Crippen molar-refractivity contribution in [2.75, 3.05) is 26.3 Å². The number of hydrogen-bond donors (Lipinski definition) is 2. The van der Waals surface area contributed by atoms with Crippen LogP contribution in [0.3, 0.4) is 0 Å². The number of ether oxygens (including phenoxy) is 2. The number of aromatic nitrogens is 1. The molecule has 0 aliphatic carbocycles. The third-order valence-corrected chi connectivity index (χ3v) is 4.77. The Morgan fingerprint density at radius 3 is 2.80 bits per heavy atom. The normalized spacial score (nSPS) is 17.3. The van der Waals surface area contributed by atoms with Crippen LogP contribution in [0.5, 0.6) is 11.5 Å². The molecule has 0 atom stereocenters. The number of nitrogens with zero attached hydrogens (tertiary/aromatic N) is 1. The molecule has 25 heavy (non-hydrogen) atoms. The number of carbonyl (C=O) groups excluding carboxylic acids is 1. The highest BCUT2D eigenvalue weighted by molar-refractivity contribution is 5.92. The molecule has 0 radical (unpaired) electrons. The van der Waals surface area contributed by atoms with Crippen LogP contribution in [0.2, 0.25) is 0 Å².